The van der Waals surface area contributed by atoms with Crippen molar-refractivity contribution in [3.8, 4) is 0 Å². The van der Waals surface area contributed by atoms with Gasteiger partial charge in [-0.25, -0.2) is 0 Å². The van der Waals surface area contributed by atoms with Gasteiger partial charge in [-0.3, -0.25) is 19.3 Å². The maximum atomic E-state index is 12.4. The summed E-state index contributed by atoms with van der Waals surface area (Å²) in [7, 11) is 0. The molecule has 0 saturated heterocycles. The van der Waals surface area contributed by atoms with Crippen LogP contribution in [0.3, 0.4) is 0 Å². The highest BCUT2D eigenvalue weighted by atomic mass is 35.5. The number of hydrogen-bond donors (Lipinski definition) is 1. The molecule has 7 heteroatoms. The Morgan fingerprint density at radius 1 is 1.32 bits per heavy atom. The van der Waals surface area contributed by atoms with E-state index in [0.717, 1.165) is 16.2 Å². The van der Waals surface area contributed by atoms with E-state index in [2.05, 4.69) is 5.32 Å². The molecule has 5 nitrogen and oxygen atoms in total. The van der Waals surface area contributed by atoms with Crippen LogP contribution in [-0.2, 0) is 0 Å². The van der Waals surface area contributed by atoms with Gasteiger partial charge in [-0.1, -0.05) is 17.7 Å². The molecular formula is C15H11ClN2O3S. The van der Waals surface area contributed by atoms with Crippen LogP contribution in [0.4, 0.5) is 5.69 Å². The van der Waals surface area contributed by atoms with E-state index in [1.54, 1.807) is 24.3 Å². The third-order valence-corrected chi connectivity index (χ3v) is 4.50. The number of carbonyl (C=O) groups excluding carboxylic acids is 3. The second kappa shape index (κ2) is 5.55. The zero-order valence-corrected chi connectivity index (χ0v) is 12.8. The third kappa shape index (κ3) is 2.30. The van der Waals surface area contributed by atoms with E-state index in [9.17, 15) is 14.4 Å². The van der Waals surface area contributed by atoms with Crippen molar-refractivity contribution in [1.82, 2.24) is 4.90 Å². The fourth-order valence-corrected chi connectivity index (χ4v) is 3.20. The lowest BCUT2D eigenvalue weighted by atomic mass is 10.1. The summed E-state index contributed by atoms with van der Waals surface area (Å²) in [5, 5.41) is 2.65. The van der Waals surface area contributed by atoms with Crippen molar-refractivity contribution in [2.45, 2.75) is 6.90 Å². The van der Waals surface area contributed by atoms with Crippen molar-refractivity contribution in [2.24, 2.45) is 0 Å². The average molecular weight is 336 g/mol. The van der Waals surface area contributed by atoms with Crippen LogP contribution in [0, 0.1) is 0 Å². The molecule has 0 fully saturated rings. The maximum absolute atomic E-state index is 12.4. The number of rotatable bonds is 3. The average Bonchev–Trinajstić information content (AvgIpc) is 3.06. The number of anilines is 1. The summed E-state index contributed by atoms with van der Waals surface area (Å²) in [6.07, 6.45) is 0. The highest BCUT2D eigenvalue weighted by Gasteiger charge is 2.36. The first-order valence-electron chi connectivity index (χ1n) is 7.08. The minimum Gasteiger partial charge on any atom is -0.321 e. The molecule has 0 radical (unpaired) electrons. The minimum absolute atomic E-state index is 0.0280. The van der Waals surface area contributed by atoms with Crippen LogP contribution >= 0.6 is 22.9 Å². The normalized spacial score (nSPS) is 14.0. The summed E-state index contributed by atoms with van der Waals surface area (Å²) in [5.74, 6) is -1.32. The quantitative estimate of drug-likeness (QED) is 0.875. The molecule has 0 aliphatic carbocycles. The van der Waals surface area contributed by atoms with Gasteiger partial charge in [0.15, 0.2) is 0 Å². The van der Waals surface area contributed by atoms with Gasteiger partial charge in [0.2, 0.25) is 0 Å². The summed E-state index contributed by atoms with van der Waals surface area (Å²) < 4.78 is 7.70. The van der Waals surface area contributed by atoms with E-state index in [1.807, 2.05) is 0 Å². The molecule has 2 heterocycles. The highest BCUT2D eigenvalue weighted by Crippen LogP contribution is 2.30. The van der Waals surface area contributed by atoms with Crippen LogP contribution in [-0.4, -0.2) is 29.2 Å². The standard InChI is InChI=1S/C15H11ClN2O3S/c1-2-18-14(20)8-4-3-5-9(12(8)15(18)21)17-13(19)10-6-7-11(16)22-10/h3-7H,2H2,1H3,(H,17,19)/i1D. The Labute approximate surface area is 136 Å². The molecule has 112 valence electrons. The molecule has 1 aromatic carbocycles. The van der Waals surface area contributed by atoms with E-state index < -0.39 is 17.7 Å². The fraction of sp³-hybridized carbons (Fsp3) is 0.133. The second-order valence-corrected chi connectivity index (χ2v) is 6.26. The maximum Gasteiger partial charge on any atom is 0.265 e. The van der Waals surface area contributed by atoms with E-state index in [1.165, 1.54) is 6.07 Å². The monoisotopic (exact) mass is 335 g/mol. The van der Waals surface area contributed by atoms with Crippen LogP contribution in [0.2, 0.25) is 4.34 Å². The molecule has 0 atom stereocenters. The number of thiophene rings is 1. The Morgan fingerprint density at radius 3 is 2.82 bits per heavy atom. The fourth-order valence-electron chi connectivity index (χ4n) is 2.26. The molecule has 1 aromatic heterocycles. The SMILES string of the molecule is [2H]CCN1C(=O)c2cccc(NC(=O)c3ccc(Cl)s3)c2C1=O. The Bertz CT molecular complexity index is 821. The first-order valence-corrected chi connectivity index (χ1v) is 7.57. The Kier molecular flexibility index (Phi) is 3.40. The number of amides is 3. The first kappa shape index (κ1) is 13.5. The predicted molar refractivity (Wildman–Crippen MR) is 84.8 cm³/mol. The van der Waals surface area contributed by atoms with E-state index in [0.29, 0.717) is 9.21 Å². The van der Waals surface area contributed by atoms with Crippen molar-refractivity contribution in [3.63, 3.8) is 0 Å². The van der Waals surface area contributed by atoms with Gasteiger partial charge >= 0.3 is 0 Å². The van der Waals surface area contributed by atoms with Gasteiger partial charge in [0.25, 0.3) is 17.7 Å². The molecule has 0 saturated carbocycles. The van der Waals surface area contributed by atoms with Gasteiger partial charge in [0.1, 0.15) is 0 Å². The lowest BCUT2D eigenvalue weighted by molar-refractivity contribution is 0.0663. The second-order valence-electron chi connectivity index (χ2n) is 4.55. The van der Waals surface area contributed by atoms with Gasteiger partial charge < -0.3 is 5.32 Å². The lowest BCUT2D eigenvalue weighted by Gasteiger charge is -2.10. The summed E-state index contributed by atoms with van der Waals surface area (Å²) in [4.78, 5) is 38.3. The van der Waals surface area contributed by atoms with Crippen LogP contribution in [0.1, 0.15) is 38.7 Å². The van der Waals surface area contributed by atoms with Crippen molar-refractivity contribution in [2.75, 3.05) is 11.9 Å². The lowest BCUT2D eigenvalue weighted by Crippen LogP contribution is -2.29. The molecule has 1 aliphatic rings. The number of nitrogens with one attached hydrogen (secondary N) is 1. The predicted octanol–water partition coefficient (Wildman–Crippen LogP) is 3.27. The highest BCUT2D eigenvalue weighted by molar-refractivity contribution is 7.18. The van der Waals surface area contributed by atoms with Gasteiger partial charge in [-0.15, -0.1) is 11.3 Å². The minimum atomic E-state index is -0.489. The molecule has 0 unspecified atom stereocenters. The van der Waals surface area contributed by atoms with Crippen molar-refractivity contribution < 1.29 is 15.8 Å². The van der Waals surface area contributed by atoms with Crippen molar-refractivity contribution >= 4 is 46.3 Å². The molecule has 3 rings (SSSR count). The summed E-state index contributed by atoms with van der Waals surface area (Å²) in [6, 6.07) is 7.91. The number of carbonyl (C=O) groups is 3. The number of hydrogen-bond acceptors (Lipinski definition) is 4. The van der Waals surface area contributed by atoms with Gasteiger partial charge in [0, 0.05) is 7.92 Å². The van der Waals surface area contributed by atoms with Crippen LogP contribution in [0.15, 0.2) is 30.3 Å². The molecule has 1 aliphatic heterocycles. The zero-order valence-electron chi connectivity index (χ0n) is 12.3. The molecule has 0 bridgehead atoms. The molecule has 3 amide bonds. The van der Waals surface area contributed by atoms with E-state index in [4.69, 9.17) is 13.0 Å². The summed E-state index contributed by atoms with van der Waals surface area (Å²) in [6.45, 7) is -0.0406. The smallest absolute Gasteiger partial charge is 0.265 e. The molecular weight excluding hydrogens is 324 g/mol. The Hall–Kier alpha value is -2.18. The Balaban J connectivity index is 1.93. The van der Waals surface area contributed by atoms with E-state index in [-0.39, 0.29) is 30.3 Å². The summed E-state index contributed by atoms with van der Waals surface area (Å²) >= 11 is 6.94. The number of nitrogens with zero attached hydrogens (tertiary/aromatic N) is 1. The largest absolute Gasteiger partial charge is 0.321 e. The molecule has 0 spiro atoms. The molecule has 22 heavy (non-hydrogen) atoms. The zero-order chi connectivity index (χ0) is 16.6. The van der Waals surface area contributed by atoms with Crippen LogP contribution in [0.25, 0.3) is 0 Å². The summed E-state index contributed by atoms with van der Waals surface area (Å²) in [5.41, 5.74) is 0.690. The third-order valence-electron chi connectivity index (χ3n) is 3.27. The van der Waals surface area contributed by atoms with Gasteiger partial charge in [-0.2, -0.15) is 0 Å². The topological polar surface area (TPSA) is 66.5 Å². The Morgan fingerprint density at radius 2 is 2.14 bits per heavy atom. The van der Waals surface area contributed by atoms with Gasteiger partial charge in [-0.05, 0) is 31.2 Å². The number of fused-ring (bicyclic) bond motifs is 1. The van der Waals surface area contributed by atoms with Crippen LogP contribution in [0.5, 0.6) is 0 Å². The molecule has 1 N–H and O–H groups in total. The van der Waals surface area contributed by atoms with Gasteiger partial charge in [0.05, 0.1) is 26.0 Å². The number of imide groups is 1. The first-order chi connectivity index (χ1) is 11.0. The molecule has 2 aromatic rings. The van der Waals surface area contributed by atoms with E-state index >= 15 is 0 Å². The van der Waals surface area contributed by atoms with Crippen LogP contribution < -0.4 is 5.32 Å². The number of benzene rings is 1. The van der Waals surface area contributed by atoms with Crippen molar-refractivity contribution in [3.05, 3.63) is 50.7 Å². The number of halogens is 1. The van der Waals surface area contributed by atoms with Crippen molar-refractivity contribution in [1.29, 1.82) is 0 Å².